The third-order valence-electron chi connectivity index (χ3n) is 3.44. The van der Waals surface area contributed by atoms with Crippen LogP contribution < -0.4 is 4.72 Å². The normalized spacial score (nSPS) is 13.6. The number of hydrogen-bond acceptors (Lipinski definition) is 3. The first-order valence-electron chi connectivity index (χ1n) is 7.20. The molecular formula is C16H15ClF3NO3S. The number of halogens is 4. The van der Waals surface area contributed by atoms with Crippen LogP contribution in [0.4, 0.5) is 13.2 Å². The number of aliphatic hydroxyl groups excluding tert-OH is 1. The molecule has 2 N–H and O–H groups in total. The van der Waals surface area contributed by atoms with Crippen molar-refractivity contribution in [2.24, 2.45) is 0 Å². The van der Waals surface area contributed by atoms with Gasteiger partial charge >= 0.3 is 6.18 Å². The first-order valence-corrected chi connectivity index (χ1v) is 9.06. The highest BCUT2D eigenvalue weighted by Crippen LogP contribution is 2.29. The van der Waals surface area contributed by atoms with Crippen molar-refractivity contribution in [3.63, 3.8) is 0 Å². The van der Waals surface area contributed by atoms with Crippen LogP contribution in [0.2, 0.25) is 5.02 Å². The van der Waals surface area contributed by atoms with E-state index in [9.17, 15) is 26.7 Å². The van der Waals surface area contributed by atoms with E-state index in [0.29, 0.717) is 22.7 Å². The molecule has 0 fully saturated rings. The summed E-state index contributed by atoms with van der Waals surface area (Å²) in [5, 5.41) is 10.5. The zero-order valence-corrected chi connectivity index (χ0v) is 14.4. The molecule has 25 heavy (non-hydrogen) atoms. The molecule has 1 unspecified atom stereocenters. The second kappa shape index (κ2) is 7.74. The maximum Gasteiger partial charge on any atom is 0.416 e. The Morgan fingerprint density at radius 2 is 1.76 bits per heavy atom. The molecule has 1 atom stereocenters. The second-order valence-electron chi connectivity index (χ2n) is 5.28. The van der Waals surface area contributed by atoms with Crippen LogP contribution in [0.15, 0.2) is 53.4 Å². The van der Waals surface area contributed by atoms with E-state index < -0.39 is 27.9 Å². The molecule has 0 saturated heterocycles. The largest absolute Gasteiger partial charge is 0.416 e. The van der Waals surface area contributed by atoms with Gasteiger partial charge < -0.3 is 5.11 Å². The van der Waals surface area contributed by atoms with Crippen LogP contribution in [0.1, 0.15) is 23.7 Å². The average Bonchev–Trinajstić information content (AvgIpc) is 2.54. The second-order valence-corrected chi connectivity index (χ2v) is 7.48. The molecule has 0 aromatic heterocycles. The highest BCUT2D eigenvalue weighted by Gasteiger charge is 2.30. The van der Waals surface area contributed by atoms with Gasteiger partial charge in [0, 0.05) is 11.6 Å². The maximum absolute atomic E-state index is 12.5. The number of rotatable bonds is 6. The lowest BCUT2D eigenvalue weighted by molar-refractivity contribution is -0.137. The smallest absolute Gasteiger partial charge is 0.388 e. The Labute approximate surface area is 148 Å². The SMILES string of the molecule is O=S(=O)(NCCC(O)c1cccc(Cl)c1)c1ccc(C(F)(F)F)cc1. The van der Waals surface area contributed by atoms with Crippen molar-refractivity contribution in [3.05, 3.63) is 64.7 Å². The van der Waals surface area contributed by atoms with E-state index in [1.165, 1.54) is 0 Å². The molecule has 0 amide bonds. The van der Waals surface area contributed by atoms with Crippen LogP contribution in [0.3, 0.4) is 0 Å². The minimum absolute atomic E-state index is 0.0835. The maximum atomic E-state index is 12.5. The number of alkyl halides is 3. The average molecular weight is 394 g/mol. The predicted molar refractivity (Wildman–Crippen MR) is 87.7 cm³/mol. The summed E-state index contributed by atoms with van der Waals surface area (Å²) in [6, 6.07) is 9.71. The van der Waals surface area contributed by atoms with Crippen molar-refractivity contribution in [3.8, 4) is 0 Å². The molecule has 0 aliphatic carbocycles. The molecule has 0 heterocycles. The summed E-state index contributed by atoms with van der Waals surface area (Å²) in [6.07, 6.45) is -5.37. The van der Waals surface area contributed by atoms with Crippen LogP contribution in [0, 0.1) is 0 Å². The molecule has 0 bridgehead atoms. The summed E-state index contributed by atoms with van der Waals surface area (Å²) < 4.78 is 63.9. The van der Waals surface area contributed by atoms with Gasteiger partial charge in [-0.25, -0.2) is 13.1 Å². The van der Waals surface area contributed by atoms with Gasteiger partial charge in [0.1, 0.15) is 0 Å². The minimum Gasteiger partial charge on any atom is -0.388 e. The Hall–Kier alpha value is -1.61. The van der Waals surface area contributed by atoms with Crippen LogP contribution >= 0.6 is 11.6 Å². The van der Waals surface area contributed by atoms with E-state index in [4.69, 9.17) is 11.6 Å². The standard InChI is InChI=1S/C16H15ClF3NO3S/c17-13-3-1-2-11(10-13)15(22)8-9-21-25(23,24)14-6-4-12(5-7-14)16(18,19)20/h1-7,10,15,21-22H,8-9H2. The molecule has 0 aliphatic rings. The quantitative estimate of drug-likeness (QED) is 0.785. The van der Waals surface area contributed by atoms with Crippen molar-refractivity contribution in [1.29, 1.82) is 0 Å². The van der Waals surface area contributed by atoms with Crippen LogP contribution in [0.5, 0.6) is 0 Å². The van der Waals surface area contributed by atoms with E-state index in [-0.39, 0.29) is 17.9 Å². The lowest BCUT2D eigenvalue weighted by Gasteiger charge is -2.13. The monoisotopic (exact) mass is 393 g/mol. The molecule has 4 nitrogen and oxygen atoms in total. The topological polar surface area (TPSA) is 66.4 Å². The molecule has 0 radical (unpaired) electrons. The van der Waals surface area contributed by atoms with Crippen LogP contribution in [0.25, 0.3) is 0 Å². The number of nitrogens with one attached hydrogen (secondary N) is 1. The first-order chi connectivity index (χ1) is 11.6. The van der Waals surface area contributed by atoms with Crippen molar-refractivity contribution in [2.75, 3.05) is 6.54 Å². The van der Waals surface area contributed by atoms with Crippen molar-refractivity contribution >= 4 is 21.6 Å². The van der Waals surface area contributed by atoms with Gasteiger partial charge in [-0.05, 0) is 48.4 Å². The number of aliphatic hydroxyl groups is 1. The summed E-state index contributed by atoms with van der Waals surface area (Å²) in [7, 11) is -3.96. The van der Waals surface area contributed by atoms with Gasteiger partial charge in [0.2, 0.25) is 10.0 Å². The van der Waals surface area contributed by atoms with Crippen molar-refractivity contribution in [1.82, 2.24) is 4.72 Å². The van der Waals surface area contributed by atoms with E-state index in [0.717, 1.165) is 12.1 Å². The van der Waals surface area contributed by atoms with Crippen LogP contribution in [-0.2, 0) is 16.2 Å². The fourth-order valence-electron chi connectivity index (χ4n) is 2.12. The minimum atomic E-state index is -4.53. The Balaban J connectivity index is 1.97. The van der Waals surface area contributed by atoms with Gasteiger partial charge in [-0.3, -0.25) is 0 Å². The Morgan fingerprint density at radius 3 is 2.32 bits per heavy atom. The molecular weight excluding hydrogens is 379 g/mol. The Kier molecular flexibility index (Phi) is 6.10. The molecule has 136 valence electrons. The van der Waals surface area contributed by atoms with Crippen molar-refractivity contribution < 1.29 is 26.7 Å². The third kappa shape index (κ3) is 5.43. The summed E-state index contributed by atoms with van der Waals surface area (Å²) in [5.41, 5.74) is -0.385. The van der Waals surface area contributed by atoms with Gasteiger partial charge in [0.15, 0.2) is 0 Å². The van der Waals surface area contributed by atoms with Gasteiger partial charge in [-0.2, -0.15) is 13.2 Å². The highest BCUT2D eigenvalue weighted by molar-refractivity contribution is 7.89. The molecule has 2 aromatic rings. The van der Waals surface area contributed by atoms with E-state index >= 15 is 0 Å². The van der Waals surface area contributed by atoms with E-state index in [1.54, 1.807) is 24.3 Å². The fraction of sp³-hybridized carbons (Fsp3) is 0.250. The zero-order chi connectivity index (χ0) is 18.7. The lowest BCUT2D eigenvalue weighted by Crippen LogP contribution is -2.26. The molecule has 2 aromatic carbocycles. The van der Waals surface area contributed by atoms with Gasteiger partial charge in [-0.15, -0.1) is 0 Å². The molecule has 9 heteroatoms. The summed E-state index contributed by atoms with van der Waals surface area (Å²) in [5.74, 6) is 0. The number of sulfonamides is 1. The Bertz CT molecular complexity index is 823. The summed E-state index contributed by atoms with van der Waals surface area (Å²) >= 11 is 5.82. The van der Waals surface area contributed by atoms with Crippen molar-refractivity contribution in [2.45, 2.75) is 23.6 Å². The number of benzene rings is 2. The first kappa shape index (κ1) is 19.7. The summed E-state index contributed by atoms with van der Waals surface area (Å²) in [4.78, 5) is -0.280. The molecule has 2 rings (SSSR count). The Morgan fingerprint density at radius 1 is 1.12 bits per heavy atom. The molecule has 0 saturated carbocycles. The fourth-order valence-corrected chi connectivity index (χ4v) is 3.36. The lowest BCUT2D eigenvalue weighted by atomic mass is 10.1. The zero-order valence-electron chi connectivity index (χ0n) is 12.8. The molecule has 0 aliphatic heterocycles. The van der Waals surface area contributed by atoms with Gasteiger partial charge in [0.25, 0.3) is 0 Å². The molecule has 0 spiro atoms. The van der Waals surface area contributed by atoms with E-state index in [2.05, 4.69) is 4.72 Å². The number of hydrogen-bond donors (Lipinski definition) is 2. The summed E-state index contributed by atoms with van der Waals surface area (Å²) in [6.45, 7) is -0.0863. The predicted octanol–water partition coefficient (Wildman–Crippen LogP) is 3.76. The highest BCUT2D eigenvalue weighted by atomic mass is 35.5. The van der Waals surface area contributed by atoms with E-state index in [1.807, 2.05) is 0 Å². The van der Waals surface area contributed by atoms with Gasteiger partial charge in [0.05, 0.1) is 16.6 Å². The van der Waals surface area contributed by atoms with Crippen LogP contribution in [-0.4, -0.2) is 20.1 Å². The van der Waals surface area contributed by atoms with Gasteiger partial charge in [-0.1, -0.05) is 23.7 Å². The third-order valence-corrected chi connectivity index (χ3v) is 5.15.